The number of rotatable bonds is 11. The number of nitrogens with one attached hydrogen (secondary N) is 2. The smallest absolute Gasteiger partial charge is 0.254 e. The fourth-order valence-electron chi connectivity index (χ4n) is 3.63. The summed E-state index contributed by atoms with van der Waals surface area (Å²) in [6.07, 6.45) is 7.28. The molecule has 1 atom stereocenters. The maximum atomic E-state index is 12.0. The summed E-state index contributed by atoms with van der Waals surface area (Å²) in [5, 5.41) is 6.14. The maximum Gasteiger partial charge on any atom is 0.254 e. The van der Waals surface area contributed by atoms with E-state index in [0.29, 0.717) is 42.7 Å². The van der Waals surface area contributed by atoms with Crippen molar-refractivity contribution >= 4 is 35.5 Å². The van der Waals surface area contributed by atoms with Crippen molar-refractivity contribution in [2.75, 3.05) is 30.3 Å². The van der Waals surface area contributed by atoms with Crippen LogP contribution in [0.15, 0.2) is 60.0 Å². The van der Waals surface area contributed by atoms with E-state index in [4.69, 9.17) is 16.2 Å². The Kier molecular flexibility index (Phi) is 9.59. The number of aromatic nitrogens is 2. The number of aliphatic imine (C=N–C) groups is 1. The van der Waals surface area contributed by atoms with E-state index >= 15 is 0 Å². The number of nitrogens with zero attached hydrogens (tertiary/aromatic N) is 4. The van der Waals surface area contributed by atoms with Crippen LogP contribution in [0, 0.1) is 5.92 Å². The first-order chi connectivity index (χ1) is 17.8. The largest absolute Gasteiger partial charge is 0.491 e. The monoisotopic (exact) mass is 506 g/mol. The van der Waals surface area contributed by atoms with Gasteiger partial charge in [0.15, 0.2) is 0 Å². The van der Waals surface area contributed by atoms with Crippen LogP contribution in [0.4, 0.5) is 17.5 Å². The lowest BCUT2D eigenvalue weighted by Gasteiger charge is -2.30. The zero-order chi connectivity index (χ0) is 26.8. The number of primary amides is 1. The normalized spacial score (nSPS) is 16.0. The zero-order valence-electron chi connectivity index (χ0n) is 21.2. The van der Waals surface area contributed by atoms with Gasteiger partial charge in [-0.1, -0.05) is 32.6 Å². The Balaban J connectivity index is 1.77. The molecule has 2 heterocycles. The van der Waals surface area contributed by atoms with Gasteiger partial charge in [0.2, 0.25) is 11.9 Å². The summed E-state index contributed by atoms with van der Waals surface area (Å²) in [6, 6.07) is 7.29. The molecule has 1 aromatic heterocycles. The minimum Gasteiger partial charge on any atom is -0.491 e. The Morgan fingerprint density at radius 1 is 1.35 bits per heavy atom. The highest BCUT2D eigenvalue weighted by molar-refractivity contribution is 5.98. The second-order valence-electron chi connectivity index (χ2n) is 8.96. The van der Waals surface area contributed by atoms with E-state index in [1.54, 1.807) is 11.1 Å². The molecule has 1 saturated heterocycles. The van der Waals surface area contributed by atoms with E-state index in [9.17, 15) is 9.59 Å². The predicted molar refractivity (Wildman–Crippen MR) is 145 cm³/mol. The number of nitrogens with two attached hydrogens (primary N) is 2. The van der Waals surface area contributed by atoms with Crippen molar-refractivity contribution in [3.8, 4) is 5.75 Å². The average Bonchev–Trinajstić information content (AvgIpc) is 2.90. The third-order valence-corrected chi connectivity index (χ3v) is 5.51. The summed E-state index contributed by atoms with van der Waals surface area (Å²) < 4.78 is 5.89. The molecule has 6 N–H and O–H groups in total. The molecule has 3 rings (SSSR count). The molecule has 2 amide bonds. The number of carbonyl (C=O) groups excluding carboxylic acids is 2. The molecular formula is C26H34N8O3. The summed E-state index contributed by atoms with van der Waals surface area (Å²) in [5.74, 6) is 0.568. The summed E-state index contributed by atoms with van der Waals surface area (Å²) in [5.41, 5.74) is 12.5. The number of likely N-dealkylation sites (tertiary alicyclic amines) is 1. The van der Waals surface area contributed by atoms with Crippen LogP contribution in [0.5, 0.6) is 5.75 Å². The van der Waals surface area contributed by atoms with Gasteiger partial charge in [0.05, 0.1) is 24.0 Å². The van der Waals surface area contributed by atoms with Crippen molar-refractivity contribution < 1.29 is 14.3 Å². The van der Waals surface area contributed by atoms with Gasteiger partial charge in [0, 0.05) is 31.7 Å². The van der Waals surface area contributed by atoms with Crippen LogP contribution in [0.2, 0.25) is 0 Å². The Labute approximate surface area is 216 Å². The van der Waals surface area contributed by atoms with Gasteiger partial charge >= 0.3 is 0 Å². The molecule has 1 aromatic carbocycles. The molecule has 1 fully saturated rings. The number of ether oxygens (including phenoxy) is 1. The molecule has 196 valence electrons. The first kappa shape index (κ1) is 27.2. The third kappa shape index (κ3) is 7.79. The van der Waals surface area contributed by atoms with Crippen molar-refractivity contribution in [2.24, 2.45) is 22.4 Å². The Morgan fingerprint density at radius 2 is 2.14 bits per heavy atom. The topological polar surface area (TPSA) is 161 Å². The van der Waals surface area contributed by atoms with Crippen molar-refractivity contribution in [3.63, 3.8) is 0 Å². The molecule has 11 heteroatoms. The lowest BCUT2D eigenvalue weighted by Crippen LogP contribution is -2.40. The molecule has 2 aromatic rings. The highest BCUT2D eigenvalue weighted by Gasteiger charge is 2.21. The average molecular weight is 507 g/mol. The molecule has 1 aliphatic heterocycles. The number of hydrogen-bond donors (Lipinski definition) is 4. The molecule has 11 nitrogen and oxygen atoms in total. The number of para-hydroxylation sites is 2. The van der Waals surface area contributed by atoms with E-state index in [1.807, 2.05) is 24.3 Å². The van der Waals surface area contributed by atoms with E-state index in [2.05, 4.69) is 46.0 Å². The fourth-order valence-corrected chi connectivity index (χ4v) is 3.63. The Morgan fingerprint density at radius 3 is 2.84 bits per heavy atom. The van der Waals surface area contributed by atoms with Gasteiger partial charge in [0.25, 0.3) is 5.91 Å². The molecule has 0 bridgehead atoms. The maximum absolute atomic E-state index is 12.0. The van der Waals surface area contributed by atoms with Crippen molar-refractivity contribution in [1.82, 2.24) is 14.9 Å². The Bertz CT molecular complexity index is 1180. The third-order valence-electron chi connectivity index (χ3n) is 5.51. The van der Waals surface area contributed by atoms with E-state index in [-0.39, 0.29) is 29.3 Å². The number of benzene rings is 1. The van der Waals surface area contributed by atoms with Crippen molar-refractivity contribution in [1.29, 1.82) is 0 Å². The molecule has 0 saturated carbocycles. The van der Waals surface area contributed by atoms with E-state index in [0.717, 1.165) is 12.8 Å². The molecule has 1 unspecified atom stereocenters. The summed E-state index contributed by atoms with van der Waals surface area (Å²) in [7, 11) is 0. The molecular weight excluding hydrogens is 472 g/mol. The minimum absolute atomic E-state index is 0.0628. The fraction of sp³-hybridized carbons (Fsp3) is 0.346. The molecule has 0 radical (unpaired) electrons. The van der Waals surface area contributed by atoms with Crippen LogP contribution >= 0.6 is 0 Å². The van der Waals surface area contributed by atoms with Gasteiger partial charge in [0.1, 0.15) is 17.1 Å². The van der Waals surface area contributed by atoms with Crippen LogP contribution in [0.25, 0.3) is 0 Å². The molecule has 1 aliphatic rings. The summed E-state index contributed by atoms with van der Waals surface area (Å²) in [6.45, 7) is 9.39. The molecule has 0 aliphatic carbocycles. The van der Waals surface area contributed by atoms with Gasteiger partial charge in [-0.3, -0.25) is 14.6 Å². The number of hydrogen-bond acceptors (Lipinski definition) is 9. The lowest BCUT2D eigenvalue weighted by molar-refractivity contribution is -0.127. The van der Waals surface area contributed by atoms with Crippen LogP contribution < -0.4 is 26.8 Å². The van der Waals surface area contributed by atoms with Crippen LogP contribution in [0.3, 0.4) is 0 Å². The SMILES string of the molecule is C=CC(=O)N1CCCC(N=CC(=CN)Nc2ncc(C(N)=O)c(Nc3ccccc3OCC(C)C)n2)C1. The first-order valence-corrected chi connectivity index (χ1v) is 12.1. The molecule has 37 heavy (non-hydrogen) atoms. The minimum atomic E-state index is -0.679. The second kappa shape index (κ2) is 13.1. The number of allylic oxidation sites excluding steroid dienone is 1. The van der Waals surface area contributed by atoms with Crippen LogP contribution in [-0.4, -0.2) is 58.6 Å². The molecule has 0 spiro atoms. The standard InChI is InChI=1S/C26H34N8O3/c1-4-23(35)34-11-7-8-18(15-34)29-13-19(12-27)31-26-30-14-20(24(28)36)25(33-26)32-21-9-5-6-10-22(21)37-16-17(2)3/h4-6,9-10,12-14,17-18H,1,7-8,11,15-16,27H2,2-3H3,(H2,28,36)(H2,30,31,32,33). The highest BCUT2D eigenvalue weighted by atomic mass is 16.5. The number of carbonyl (C=O) groups is 2. The number of amides is 2. The van der Waals surface area contributed by atoms with E-state index < -0.39 is 5.91 Å². The highest BCUT2D eigenvalue weighted by Crippen LogP contribution is 2.29. The van der Waals surface area contributed by atoms with Gasteiger partial charge in [-0.2, -0.15) is 4.98 Å². The van der Waals surface area contributed by atoms with Gasteiger partial charge in [-0.15, -0.1) is 0 Å². The Hall–Kier alpha value is -4.41. The summed E-state index contributed by atoms with van der Waals surface area (Å²) >= 11 is 0. The number of piperidine rings is 1. The van der Waals surface area contributed by atoms with Crippen molar-refractivity contribution in [3.05, 3.63) is 60.6 Å². The summed E-state index contributed by atoms with van der Waals surface area (Å²) in [4.78, 5) is 38.9. The van der Waals surface area contributed by atoms with E-state index in [1.165, 1.54) is 18.5 Å². The quantitative estimate of drug-likeness (QED) is 0.267. The van der Waals surface area contributed by atoms with Gasteiger partial charge < -0.3 is 31.7 Å². The predicted octanol–water partition coefficient (Wildman–Crippen LogP) is 2.81. The zero-order valence-corrected chi connectivity index (χ0v) is 21.2. The van der Waals surface area contributed by atoms with Gasteiger partial charge in [-0.05, 0) is 37.0 Å². The van der Waals surface area contributed by atoms with Crippen molar-refractivity contribution in [2.45, 2.75) is 32.7 Å². The second-order valence-corrected chi connectivity index (χ2v) is 8.96. The lowest BCUT2D eigenvalue weighted by atomic mass is 10.1. The first-order valence-electron chi connectivity index (χ1n) is 12.1. The van der Waals surface area contributed by atoms with Crippen LogP contribution in [-0.2, 0) is 4.79 Å². The number of anilines is 3. The van der Waals surface area contributed by atoms with Crippen LogP contribution in [0.1, 0.15) is 37.0 Å². The van der Waals surface area contributed by atoms with Gasteiger partial charge in [-0.25, -0.2) is 4.98 Å².